The number of aromatic nitrogens is 1. The van der Waals surface area contributed by atoms with Gasteiger partial charge in [-0.3, -0.25) is 9.69 Å². The molecule has 0 radical (unpaired) electrons. The molecule has 1 aromatic heterocycles. The van der Waals surface area contributed by atoms with Crippen LogP contribution in [0.25, 0.3) is 0 Å². The van der Waals surface area contributed by atoms with Gasteiger partial charge in [0, 0.05) is 57.5 Å². The van der Waals surface area contributed by atoms with E-state index < -0.39 is 0 Å². The van der Waals surface area contributed by atoms with Crippen LogP contribution in [0.2, 0.25) is 0 Å². The van der Waals surface area contributed by atoms with Gasteiger partial charge < -0.3 is 14.6 Å². The van der Waals surface area contributed by atoms with Gasteiger partial charge in [-0.05, 0) is 25.1 Å². The summed E-state index contributed by atoms with van der Waals surface area (Å²) in [4.78, 5) is 15.0. The number of rotatable bonds is 7. The summed E-state index contributed by atoms with van der Waals surface area (Å²) in [5.41, 5.74) is 3.57. The molecule has 5 nitrogen and oxygen atoms in total. The highest BCUT2D eigenvalue weighted by atomic mass is 16.5. The first kappa shape index (κ1) is 16.2. The molecule has 0 unspecified atom stereocenters. The summed E-state index contributed by atoms with van der Waals surface area (Å²) in [6, 6.07) is 2.10. The van der Waals surface area contributed by atoms with Gasteiger partial charge in [-0.25, -0.2) is 0 Å². The molecule has 0 aromatic carbocycles. The Morgan fingerprint density at radius 1 is 1.33 bits per heavy atom. The maximum absolute atomic E-state index is 12.6. The lowest BCUT2D eigenvalue weighted by atomic mass is 10.0. The van der Waals surface area contributed by atoms with Crippen molar-refractivity contribution in [3.63, 3.8) is 0 Å². The highest BCUT2D eigenvalue weighted by molar-refractivity contribution is 5.29. The Bertz CT molecular complexity index is 525. The second-order valence-corrected chi connectivity index (χ2v) is 5.48. The molecule has 0 spiro atoms. The summed E-state index contributed by atoms with van der Waals surface area (Å²) >= 11 is 0. The van der Waals surface area contributed by atoms with Gasteiger partial charge in [0.2, 0.25) is 0 Å². The van der Waals surface area contributed by atoms with Crippen LogP contribution < -0.4 is 10.9 Å². The van der Waals surface area contributed by atoms with E-state index in [1.807, 2.05) is 4.57 Å². The van der Waals surface area contributed by atoms with E-state index in [0.717, 1.165) is 44.7 Å². The third-order valence-electron chi connectivity index (χ3n) is 4.19. The number of hydrogen-bond donors (Lipinski definition) is 1. The van der Waals surface area contributed by atoms with Gasteiger partial charge in [0.15, 0.2) is 0 Å². The van der Waals surface area contributed by atoms with E-state index in [1.165, 1.54) is 11.3 Å². The average Bonchev–Trinajstić information content (AvgIpc) is 2.51. The SMILES string of the molecule is CCN1CCc2c(cc(CNCCOC)c(=O)n2CC)C1. The Labute approximate surface area is 126 Å². The highest BCUT2D eigenvalue weighted by Gasteiger charge is 2.20. The molecule has 0 amide bonds. The van der Waals surface area contributed by atoms with Crippen LogP contribution in [-0.2, 0) is 30.8 Å². The van der Waals surface area contributed by atoms with Crippen molar-refractivity contribution >= 4 is 0 Å². The van der Waals surface area contributed by atoms with Crippen LogP contribution in [0.1, 0.15) is 30.7 Å². The van der Waals surface area contributed by atoms with Crippen LogP contribution in [0.5, 0.6) is 0 Å². The highest BCUT2D eigenvalue weighted by Crippen LogP contribution is 2.18. The summed E-state index contributed by atoms with van der Waals surface area (Å²) < 4.78 is 6.98. The second-order valence-electron chi connectivity index (χ2n) is 5.48. The topological polar surface area (TPSA) is 46.5 Å². The fourth-order valence-corrected chi connectivity index (χ4v) is 2.97. The lowest BCUT2D eigenvalue weighted by molar-refractivity contribution is 0.199. The maximum atomic E-state index is 12.6. The molecule has 21 heavy (non-hydrogen) atoms. The third kappa shape index (κ3) is 3.73. The Balaban J connectivity index is 2.24. The van der Waals surface area contributed by atoms with E-state index in [1.54, 1.807) is 7.11 Å². The number of nitrogens with zero attached hydrogens (tertiary/aromatic N) is 2. The molecule has 1 aliphatic heterocycles. The number of methoxy groups -OCH3 is 1. The largest absolute Gasteiger partial charge is 0.383 e. The minimum atomic E-state index is 0.158. The molecule has 1 aromatic rings. The summed E-state index contributed by atoms with van der Waals surface area (Å²) in [5, 5.41) is 3.27. The van der Waals surface area contributed by atoms with Gasteiger partial charge in [-0.15, -0.1) is 0 Å². The Hall–Kier alpha value is -1.17. The molecule has 1 N–H and O–H groups in total. The van der Waals surface area contributed by atoms with Crippen molar-refractivity contribution in [3.05, 3.63) is 33.2 Å². The predicted octanol–water partition coefficient (Wildman–Crippen LogP) is 0.982. The Kier molecular flexibility index (Phi) is 5.96. The number of nitrogens with one attached hydrogen (secondary N) is 1. The van der Waals surface area contributed by atoms with Crippen LogP contribution in [0, 0.1) is 0 Å². The molecule has 1 aliphatic rings. The van der Waals surface area contributed by atoms with E-state index in [0.29, 0.717) is 13.2 Å². The number of pyridine rings is 1. The Morgan fingerprint density at radius 3 is 2.81 bits per heavy atom. The van der Waals surface area contributed by atoms with Crippen molar-refractivity contribution in [2.45, 2.75) is 39.9 Å². The molecule has 5 heteroatoms. The van der Waals surface area contributed by atoms with Gasteiger partial charge in [-0.2, -0.15) is 0 Å². The lowest BCUT2D eigenvalue weighted by Crippen LogP contribution is -2.37. The molecule has 0 bridgehead atoms. The van der Waals surface area contributed by atoms with E-state index in [4.69, 9.17) is 4.74 Å². The van der Waals surface area contributed by atoms with Crippen molar-refractivity contribution in [2.75, 3.05) is 33.4 Å². The average molecular weight is 293 g/mol. The number of hydrogen-bond acceptors (Lipinski definition) is 4. The third-order valence-corrected chi connectivity index (χ3v) is 4.19. The summed E-state index contributed by atoms with van der Waals surface area (Å²) in [5.74, 6) is 0. The minimum Gasteiger partial charge on any atom is -0.383 e. The molecule has 2 heterocycles. The van der Waals surface area contributed by atoms with Gasteiger partial charge in [0.25, 0.3) is 5.56 Å². The standard InChI is InChI=1S/C16H27N3O2/c1-4-18-8-6-15-14(12-18)10-13(11-17-7-9-21-3)16(20)19(15)5-2/h10,17H,4-9,11-12H2,1-3H3. The summed E-state index contributed by atoms with van der Waals surface area (Å²) in [6.07, 6.45) is 0.976. The first-order chi connectivity index (χ1) is 10.2. The quantitative estimate of drug-likeness (QED) is 0.761. The molecular formula is C16H27N3O2. The lowest BCUT2D eigenvalue weighted by Gasteiger charge is -2.30. The van der Waals surface area contributed by atoms with Crippen molar-refractivity contribution in [1.82, 2.24) is 14.8 Å². The fraction of sp³-hybridized carbons (Fsp3) is 0.688. The number of fused-ring (bicyclic) bond motifs is 1. The van der Waals surface area contributed by atoms with Crippen LogP contribution in [-0.4, -0.2) is 42.8 Å². The molecule has 0 saturated heterocycles. The smallest absolute Gasteiger partial charge is 0.255 e. The fourth-order valence-electron chi connectivity index (χ4n) is 2.97. The van der Waals surface area contributed by atoms with Gasteiger partial charge in [0.1, 0.15) is 0 Å². The van der Waals surface area contributed by atoms with Crippen molar-refractivity contribution in [1.29, 1.82) is 0 Å². The van der Waals surface area contributed by atoms with Crippen LogP contribution in [0.15, 0.2) is 10.9 Å². The van der Waals surface area contributed by atoms with Crippen LogP contribution in [0.4, 0.5) is 0 Å². The van der Waals surface area contributed by atoms with E-state index in [2.05, 4.69) is 30.1 Å². The van der Waals surface area contributed by atoms with E-state index >= 15 is 0 Å². The normalized spacial score (nSPS) is 15.2. The predicted molar refractivity (Wildman–Crippen MR) is 84.6 cm³/mol. The number of ether oxygens (including phenoxy) is 1. The summed E-state index contributed by atoms with van der Waals surface area (Å²) in [7, 11) is 1.68. The maximum Gasteiger partial charge on any atom is 0.255 e. The molecular weight excluding hydrogens is 266 g/mol. The molecule has 2 rings (SSSR count). The zero-order valence-corrected chi connectivity index (χ0v) is 13.4. The number of likely N-dealkylation sites (N-methyl/N-ethyl adjacent to an activating group) is 1. The Morgan fingerprint density at radius 2 is 2.14 bits per heavy atom. The molecule has 0 aliphatic carbocycles. The minimum absolute atomic E-state index is 0.158. The monoisotopic (exact) mass is 293 g/mol. The van der Waals surface area contributed by atoms with Crippen LogP contribution >= 0.6 is 0 Å². The van der Waals surface area contributed by atoms with Gasteiger partial charge in [-0.1, -0.05) is 6.92 Å². The van der Waals surface area contributed by atoms with Crippen molar-refractivity contribution in [2.24, 2.45) is 0 Å². The molecule has 118 valence electrons. The molecule has 0 saturated carbocycles. The van der Waals surface area contributed by atoms with Gasteiger partial charge in [0.05, 0.1) is 6.61 Å². The zero-order valence-electron chi connectivity index (χ0n) is 13.4. The zero-order chi connectivity index (χ0) is 15.2. The van der Waals surface area contributed by atoms with Crippen LogP contribution in [0.3, 0.4) is 0 Å². The summed E-state index contributed by atoms with van der Waals surface area (Å²) in [6.45, 7) is 10.1. The van der Waals surface area contributed by atoms with Crippen molar-refractivity contribution < 1.29 is 4.74 Å². The van der Waals surface area contributed by atoms with Gasteiger partial charge >= 0.3 is 0 Å². The van der Waals surface area contributed by atoms with Crippen molar-refractivity contribution in [3.8, 4) is 0 Å². The first-order valence-electron chi connectivity index (χ1n) is 7.87. The van der Waals surface area contributed by atoms with E-state index in [-0.39, 0.29) is 5.56 Å². The van der Waals surface area contributed by atoms with E-state index in [9.17, 15) is 4.79 Å². The second kappa shape index (κ2) is 7.73. The first-order valence-corrected chi connectivity index (χ1v) is 7.87. The molecule has 0 atom stereocenters. The molecule has 0 fully saturated rings.